The van der Waals surface area contributed by atoms with Gasteiger partial charge in [0.2, 0.25) is 5.91 Å². The zero-order chi connectivity index (χ0) is 21.8. The van der Waals surface area contributed by atoms with Gasteiger partial charge in [0, 0.05) is 20.1 Å². The summed E-state index contributed by atoms with van der Waals surface area (Å²) in [5.74, 6) is 0.564. The third-order valence-corrected chi connectivity index (χ3v) is 5.15. The van der Waals surface area contributed by atoms with Crippen molar-refractivity contribution in [3.8, 4) is 0 Å². The Morgan fingerprint density at radius 3 is 2.65 bits per heavy atom. The van der Waals surface area contributed by atoms with Gasteiger partial charge in [0.05, 0.1) is 35.6 Å². The van der Waals surface area contributed by atoms with Gasteiger partial charge in [-0.3, -0.25) is 9.59 Å². The molecule has 0 saturated heterocycles. The SMILES string of the molecule is COCCn1c([C@@H](C)NC(=O)CCn2nnc3ccccc3c2=O)nc2ccccc21. The van der Waals surface area contributed by atoms with Crippen LogP contribution in [0.15, 0.2) is 53.3 Å². The molecule has 0 aliphatic carbocycles. The standard InChI is InChI=1S/C22H24N6O3/c1-15(21-24-18-9-5-6-10-19(18)27(21)13-14-31-2)23-20(29)11-12-28-22(30)16-7-3-4-8-17(16)25-26-28/h3-10,15H,11-14H2,1-2H3,(H,23,29)/t15-/m1/s1. The van der Waals surface area contributed by atoms with Gasteiger partial charge in [-0.15, -0.1) is 5.10 Å². The van der Waals surface area contributed by atoms with E-state index in [-0.39, 0.29) is 30.5 Å². The zero-order valence-corrected chi connectivity index (χ0v) is 17.5. The number of para-hydroxylation sites is 2. The van der Waals surface area contributed by atoms with Crippen LogP contribution in [0.3, 0.4) is 0 Å². The summed E-state index contributed by atoms with van der Waals surface area (Å²) < 4.78 is 8.51. The summed E-state index contributed by atoms with van der Waals surface area (Å²) in [6.07, 6.45) is 0.107. The number of aromatic nitrogens is 5. The molecular formula is C22H24N6O3. The number of methoxy groups -OCH3 is 1. The lowest BCUT2D eigenvalue weighted by atomic mass is 10.2. The number of nitrogens with one attached hydrogen (secondary N) is 1. The minimum absolute atomic E-state index is 0.107. The Bertz CT molecular complexity index is 1280. The summed E-state index contributed by atoms with van der Waals surface area (Å²) in [4.78, 5) is 29.8. The van der Waals surface area contributed by atoms with Crippen molar-refractivity contribution in [3.05, 3.63) is 64.7 Å². The smallest absolute Gasteiger partial charge is 0.277 e. The lowest BCUT2D eigenvalue weighted by Gasteiger charge is -2.16. The minimum atomic E-state index is -0.309. The third kappa shape index (κ3) is 4.31. The van der Waals surface area contributed by atoms with Crippen LogP contribution >= 0.6 is 0 Å². The highest BCUT2D eigenvalue weighted by molar-refractivity contribution is 5.78. The zero-order valence-electron chi connectivity index (χ0n) is 17.5. The number of ether oxygens (including phenoxy) is 1. The first-order chi connectivity index (χ1) is 15.1. The Kier molecular flexibility index (Phi) is 6.03. The summed E-state index contributed by atoms with van der Waals surface area (Å²) in [7, 11) is 1.65. The van der Waals surface area contributed by atoms with Crippen molar-refractivity contribution < 1.29 is 9.53 Å². The molecule has 2 aromatic carbocycles. The molecule has 0 aliphatic rings. The van der Waals surface area contributed by atoms with Gasteiger partial charge in [-0.25, -0.2) is 9.67 Å². The number of aryl methyl sites for hydroxylation is 1. The van der Waals surface area contributed by atoms with Crippen LogP contribution in [0.1, 0.15) is 25.2 Å². The molecule has 1 atom stereocenters. The molecule has 160 valence electrons. The summed E-state index contributed by atoms with van der Waals surface area (Å²) >= 11 is 0. The predicted octanol–water partition coefficient (Wildman–Crippen LogP) is 2.06. The highest BCUT2D eigenvalue weighted by Gasteiger charge is 2.18. The van der Waals surface area contributed by atoms with Gasteiger partial charge in [-0.2, -0.15) is 0 Å². The summed E-state index contributed by atoms with van der Waals surface area (Å²) in [5, 5.41) is 11.4. The second-order valence-electron chi connectivity index (χ2n) is 7.28. The van der Waals surface area contributed by atoms with Crippen LogP contribution in [0.25, 0.3) is 21.9 Å². The van der Waals surface area contributed by atoms with Crippen LogP contribution in [0.2, 0.25) is 0 Å². The van der Waals surface area contributed by atoms with Crippen molar-refractivity contribution >= 4 is 27.8 Å². The van der Waals surface area contributed by atoms with Crippen molar-refractivity contribution in [2.75, 3.05) is 13.7 Å². The van der Waals surface area contributed by atoms with Gasteiger partial charge in [0.25, 0.3) is 5.56 Å². The molecule has 1 N–H and O–H groups in total. The molecule has 0 fully saturated rings. The fourth-order valence-electron chi connectivity index (χ4n) is 3.60. The van der Waals surface area contributed by atoms with E-state index in [4.69, 9.17) is 9.72 Å². The number of rotatable bonds is 8. The van der Waals surface area contributed by atoms with E-state index < -0.39 is 0 Å². The molecule has 0 radical (unpaired) electrons. The number of nitrogens with zero attached hydrogens (tertiary/aromatic N) is 5. The van der Waals surface area contributed by atoms with Gasteiger partial charge >= 0.3 is 0 Å². The third-order valence-electron chi connectivity index (χ3n) is 5.15. The van der Waals surface area contributed by atoms with Gasteiger partial charge < -0.3 is 14.6 Å². The van der Waals surface area contributed by atoms with Gasteiger partial charge in [-0.05, 0) is 31.2 Å². The summed E-state index contributed by atoms with van der Waals surface area (Å²) in [5.41, 5.74) is 2.14. The van der Waals surface area contributed by atoms with E-state index in [2.05, 4.69) is 20.2 Å². The second kappa shape index (κ2) is 9.05. The molecular weight excluding hydrogens is 396 g/mol. The quantitative estimate of drug-likeness (QED) is 0.468. The Morgan fingerprint density at radius 1 is 1.10 bits per heavy atom. The Hall–Kier alpha value is -3.59. The molecule has 0 spiro atoms. The van der Waals surface area contributed by atoms with E-state index >= 15 is 0 Å². The number of hydrogen-bond acceptors (Lipinski definition) is 6. The Labute approximate surface area is 178 Å². The van der Waals surface area contributed by atoms with Crippen molar-refractivity contribution in [2.24, 2.45) is 0 Å². The van der Waals surface area contributed by atoms with Crippen molar-refractivity contribution in [2.45, 2.75) is 32.5 Å². The minimum Gasteiger partial charge on any atom is -0.383 e. The molecule has 4 rings (SSSR count). The highest BCUT2D eigenvalue weighted by atomic mass is 16.5. The molecule has 1 amide bonds. The first-order valence-electron chi connectivity index (χ1n) is 10.1. The maximum Gasteiger partial charge on any atom is 0.277 e. The van der Waals surface area contributed by atoms with Crippen LogP contribution in [0, 0.1) is 0 Å². The van der Waals surface area contributed by atoms with Crippen molar-refractivity contribution in [3.63, 3.8) is 0 Å². The number of imidazole rings is 1. The van der Waals surface area contributed by atoms with Crippen molar-refractivity contribution in [1.82, 2.24) is 29.9 Å². The Balaban J connectivity index is 1.47. The lowest BCUT2D eigenvalue weighted by Crippen LogP contribution is -2.32. The van der Waals surface area contributed by atoms with Crippen LogP contribution in [0.4, 0.5) is 0 Å². The van der Waals surface area contributed by atoms with Gasteiger partial charge in [-0.1, -0.05) is 29.5 Å². The average Bonchev–Trinajstić information content (AvgIpc) is 3.16. The molecule has 9 heteroatoms. The monoisotopic (exact) mass is 420 g/mol. The average molecular weight is 420 g/mol. The number of carbonyl (C=O) groups excluding carboxylic acids is 1. The maximum absolute atomic E-state index is 12.6. The largest absolute Gasteiger partial charge is 0.383 e. The first kappa shape index (κ1) is 20.7. The molecule has 31 heavy (non-hydrogen) atoms. The lowest BCUT2D eigenvalue weighted by molar-refractivity contribution is -0.122. The molecule has 0 saturated carbocycles. The Morgan fingerprint density at radius 2 is 1.84 bits per heavy atom. The van der Waals surface area contributed by atoms with E-state index in [9.17, 15) is 9.59 Å². The second-order valence-corrected chi connectivity index (χ2v) is 7.28. The van der Waals surface area contributed by atoms with Crippen LogP contribution in [-0.4, -0.2) is 44.2 Å². The van der Waals surface area contributed by atoms with Crippen LogP contribution in [-0.2, 0) is 22.6 Å². The van der Waals surface area contributed by atoms with Crippen LogP contribution < -0.4 is 10.9 Å². The maximum atomic E-state index is 12.6. The number of carbonyl (C=O) groups is 1. The number of fused-ring (bicyclic) bond motifs is 2. The molecule has 0 bridgehead atoms. The van der Waals surface area contributed by atoms with E-state index in [0.717, 1.165) is 16.9 Å². The number of amides is 1. The van der Waals surface area contributed by atoms with Gasteiger partial charge in [0.15, 0.2) is 0 Å². The molecule has 2 aromatic heterocycles. The topological polar surface area (TPSA) is 104 Å². The molecule has 0 unspecified atom stereocenters. The molecule has 0 aliphatic heterocycles. The first-order valence-corrected chi connectivity index (χ1v) is 10.1. The fraction of sp³-hybridized carbons (Fsp3) is 0.318. The van der Waals surface area contributed by atoms with E-state index in [1.165, 1.54) is 4.68 Å². The summed E-state index contributed by atoms with van der Waals surface area (Å²) in [6.45, 7) is 3.21. The van der Waals surface area contributed by atoms with Crippen LogP contribution in [0.5, 0.6) is 0 Å². The molecule has 9 nitrogen and oxygen atoms in total. The predicted molar refractivity (Wildman–Crippen MR) is 117 cm³/mol. The van der Waals surface area contributed by atoms with E-state index in [0.29, 0.717) is 24.1 Å². The number of benzene rings is 2. The fourth-order valence-corrected chi connectivity index (χ4v) is 3.60. The van der Waals surface area contributed by atoms with Crippen molar-refractivity contribution in [1.29, 1.82) is 0 Å². The highest BCUT2D eigenvalue weighted by Crippen LogP contribution is 2.21. The van der Waals surface area contributed by atoms with E-state index in [1.807, 2.05) is 31.2 Å². The summed E-state index contributed by atoms with van der Waals surface area (Å²) in [6, 6.07) is 14.6. The molecule has 2 heterocycles. The van der Waals surface area contributed by atoms with E-state index in [1.54, 1.807) is 31.4 Å². The van der Waals surface area contributed by atoms with Gasteiger partial charge in [0.1, 0.15) is 11.3 Å². The molecule has 4 aromatic rings. The number of hydrogen-bond donors (Lipinski definition) is 1. The normalized spacial score (nSPS) is 12.3.